The summed E-state index contributed by atoms with van der Waals surface area (Å²) in [6.07, 6.45) is 1.91. The molecule has 19 heavy (non-hydrogen) atoms. The summed E-state index contributed by atoms with van der Waals surface area (Å²) in [7, 11) is 0. The van der Waals surface area contributed by atoms with Crippen LogP contribution in [0.2, 0.25) is 5.02 Å². The quantitative estimate of drug-likeness (QED) is 0.563. The van der Waals surface area contributed by atoms with Crippen LogP contribution in [0, 0.1) is 0 Å². The Bertz CT molecular complexity index is 489. The zero-order chi connectivity index (χ0) is 13.6. The van der Waals surface area contributed by atoms with Gasteiger partial charge >= 0.3 is 0 Å². The number of piperazine rings is 1. The molecule has 4 rings (SSSR count). The van der Waals surface area contributed by atoms with E-state index >= 15 is 0 Å². The molecular formula is C13H13ClN2O2S. The number of nitrogens with one attached hydrogen (secondary N) is 1. The average Bonchev–Trinajstić information content (AvgIpc) is 2.34. The predicted octanol–water partition coefficient (Wildman–Crippen LogP) is 1.49. The molecule has 0 bridgehead atoms. The van der Waals surface area contributed by atoms with Crippen LogP contribution in [0.3, 0.4) is 0 Å². The van der Waals surface area contributed by atoms with Gasteiger partial charge in [0.2, 0.25) is 11.8 Å². The van der Waals surface area contributed by atoms with Crippen molar-refractivity contribution >= 4 is 36.0 Å². The molecule has 2 unspecified atom stereocenters. The van der Waals surface area contributed by atoms with E-state index in [0.29, 0.717) is 6.04 Å². The Kier molecular flexibility index (Phi) is 3.28. The van der Waals surface area contributed by atoms with E-state index in [9.17, 15) is 9.59 Å². The van der Waals surface area contributed by atoms with Gasteiger partial charge in [-0.2, -0.15) is 0 Å². The van der Waals surface area contributed by atoms with E-state index in [0.717, 1.165) is 22.8 Å². The fraction of sp³-hybridized carbons (Fsp3) is 0.385. The molecule has 1 aromatic rings. The van der Waals surface area contributed by atoms with Crippen molar-refractivity contribution in [2.24, 2.45) is 0 Å². The molecule has 1 N–H and O–H groups in total. The van der Waals surface area contributed by atoms with Crippen LogP contribution < -0.4 is 5.32 Å². The molecular weight excluding hydrogens is 284 g/mol. The molecule has 1 aromatic carbocycles. The average molecular weight is 297 g/mol. The summed E-state index contributed by atoms with van der Waals surface area (Å²) < 4.78 is 0. The molecule has 4 nitrogen and oxygen atoms in total. The second-order valence-corrected chi connectivity index (χ2v) is 5.89. The number of nitrogens with zero attached hydrogens (tertiary/aromatic N) is 1. The highest BCUT2D eigenvalue weighted by Gasteiger charge is 2.59. The maximum Gasteiger partial charge on any atom is 0.244 e. The molecule has 0 saturated carbocycles. The van der Waals surface area contributed by atoms with Gasteiger partial charge in [0.05, 0.1) is 12.1 Å². The van der Waals surface area contributed by atoms with Crippen LogP contribution in [0.4, 0.5) is 0 Å². The van der Waals surface area contributed by atoms with Crippen molar-refractivity contribution in [1.29, 1.82) is 0 Å². The number of benzene rings is 1. The lowest BCUT2D eigenvalue weighted by atomic mass is 9.74. The monoisotopic (exact) mass is 296 g/mol. The highest BCUT2D eigenvalue weighted by Crippen LogP contribution is 2.43. The lowest BCUT2D eigenvalue weighted by Gasteiger charge is -2.62. The fourth-order valence-corrected chi connectivity index (χ4v) is 3.04. The second-order valence-electron chi connectivity index (χ2n) is 4.93. The molecule has 3 aliphatic rings. The maximum atomic E-state index is 11.1. The van der Waals surface area contributed by atoms with Crippen LogP contribution >= 0.6 is 24.2 Å². The number of hydrogen-bond acceptors (Lipinski definition) is 4. The third-order valence-electron chi connectivity index (χ3n) is 3.81. The number of carbonyl (C=O) groups excluding carboxylic acids is 2. The van der Waals surface area contributed by atoms with E-state index in [2.05, 4.69) is 17.9 Å². The first kappa shape index (κ1) is 13.0. The number of amides is 2. The van der Waals surface area contributed by atoms with E-state index in [-0.39, 0.29) is 23.9 Å². The number of imide groups is 1. The molecule has 2 atom stereocenters. The number of piperidine rings is 1. The Balaban J connectivity index is 0.000000123. The molecule has 0 spiro atoms. The maximum absolute atomic E-state index is 11.1. The van der Waals surface area contributed by atoms with E-state index in [1.54, 1.807) is 0 Å². The van der Waals surface area contributed by atoms with Crippen LogP contribution in [0.25, 0.3) is 0 Å². The first-order valence-electron chi connectivity index (χ1n) is 6.13. The summed E-state index contributed by atoms with van der Waals surface area (Å²) >= 11 is 9.65. The predicted molar refractivity (Wildman–Crippen MR) is 74.3 cm³/mol. The highest BCUT2D eigenvalue weighted by atomic mass is 35.5. The van der Waals surface area contributed by atoms with Crippen molar-refractivity contribution in [2.45, 2.75) is 35.9 Å². The number of carbonyl (C=O) groups is 2. The van der Waals surface area contributed by atoms with Crippen molar-refractivity contribution < 1.29 is 9.59 Å². The minimum atomic E-state index is -0.0952. The van der Waals surface area contributed by atoms with Gasteiger partial charge in [0.1, 0.15) is 0 Å². The van der Waals surface area contributed by atoms with Gasteiger partial charge in [-0.3, -0.25) is 19.8 Å². The van der Waals surface area contributed by atoms with Gasteiger partial charge in [-0.15, -0.1) is 12.6 Å². The number of hydrogen-bond donors (Lipinski definition) is 2. The molecule has 3 heterocycles. The Labute approximate surface area is 121 Å². The summed E-state index contributed by atoms with van der Waals surface area (Å²) in [6.45, 7) is 0. The Hall–Kier alpha value is -1.04. The van der Waals surface area contributed by atoms with Crippen LogP contribution in [-0.4, -0.2) is 34.8 Å². The van der Waals surface area contributed by atoms with Gasteiger partial charge in [0.15, 0.2) is 0 Å². The smallest absolute Gasteiger partial charge is 0.244 e. The number of rotatable bonds is 0. The van der Waals surface area contributed by atoms with E-state index in [4.69, 9.17) is 11.6 Å². The van der Waals surface area contributed by atoms with E-state index < -0.39 is 0 Å². The fourth-order valence-electron chi connectivity index (χ4n) is 2.76. The van der Waals surface area contributed by atoms with Crippen molar-refractivity contribution in [3.8, 4) is 0 Å². The van der Waals surface area contributed by atoms with Crippen molar-refractivity contribution in [1.82, 2.24) is 10.2 Å². The van der Waals surface area contributed by atoms with Crippen LogP contribution in [-0.2, 0) is 9.59 Å². The van der Waals surface area contributed by atoms with Crippen molar-refractivity contribution in [3.63, 3.8) is 0 Å². The van der Waals surface area contributed by atoms with Gasteiger partial charge in [0.25, 0.3) is 0 Å². The molecule has 0 aliphatic carbocycles. The second kappa shape index (κ2) is 4.81. The summed E-state index contributed by atoms with van der Waals surface area (Å²) in [5.41, 5.74) is 0. The highest BCUT2D eigenvalue weighted by molar-refractivity contribution is 7.80. The normalized spacial score (nSPS) is 31.2. The topological polar surface area (TPSA) is 49.4 Å². The standard InChI is InChI=1S/C7H8N2O2.C6H5ClS/c10-6-4-1-3-2-5(9(3)4)7(11)8-6;7-5-1-3-6(8)4-2-5/h3-5H,1-2H2,(H,8,10,11);1-4,8H. The Morgan fingerprint density at radius 3 is 2.05 bits per heavy atom. The van der Waals surface area contributed by atoms with Gasteiger partial charge in [-0.05, 0) is 37.1 Å². The summed E-state index contributed by atoms with van der Waals surface area (Å²) in [4.78, 5) is 25.1. The molecule has 0 aromatic heterocycles. The minimum Gasteiger partial charge on any atom is -0.294 e. The van der Waals surface area contributed by atoms with Crippen molar-refractivity contribution in [2.75, 3.05) is 0 Å². The molecule has 3 aliphatic heterocycles. The Morgan fingerprint density at radius 2 is 1.63 bits per heavy atom. The van der Waals surface area contributed by atoms with Gasteiger partial charge in [-0.25, -0.2) is 0 Å². The molecule has 2 amide bonds. The number of halogens is 1. The lowest BCUT2D eigenvalue weighted by molar-refractivity contribution is -0.178. The SMILES string of the molecule is O=C1NC(=O)C2CC3CC1N32.Sc1ccc(Cl)cc1. The Morgan fingerprint density at radius 1 is 1.11 bits per heavy atom. The molecule has 6 heteroatoms. The summed E-state index contributed by atoms with van der Waals surface area (Å²) in [5, 5.41) is 3.13. The van der Waals surface area contributed by atoms with Gasteiger partial charge < -0.3 is 0 Å². The first-order valence-corrected chi connectivity index (χ1v) is 6.95. The first-order chi connectivity index (χ1) is 9.06. The van der Waals surface area contributed by atoms with Gasteiger partial charge in [0, 0.05) is 16.0 Å². The van der Waals surface area contributed by atoms with Crippen LogP contribution in [0.5, 0.6) is 0 Å². The van der Waals surface area contributed by atoms with Crippen LogP contribution in [0.1, 0.15) is 12.8 Å². The molecule has 100 valence electrons. The number of thiol groups is 1. The summed E-state index contributed by atoms with van der Waals surface area (Å²) in [6, 6.07) is 7.91. The molecule has 0 radical (unpaired) electrons. The molecule has 3 saturated heterocycles. The van der Waals surface area contributed by atoms with Crippen LogP contribution in [0.15, 0.2) is 29.2 Å². The van der Waals surface area contributed by atoms with E-state index in [1.165, 1.54) is 0 Å². The minimum absolute atomic E-state index is 0.0245. The van der Waals surface area contributed by atoms with Gasteiger partial charge in [-0.1, -0.05) is 11.6 Å². The summed E-state index contributed by atoms with van der Waals surface area (Å²) in [5.74, 6) is -0.190. The zero-order valence-electron chi connectivity index (χ0n) is 10.0. The molecule has 3 fully saturated rings. The van der Waals surface area contributed by atoms with E-state index in [1.807, 2.05) is 29.2 Å². The lowest BCUT2D eigenvalue weighted by Crippen LogP contribution is -2.80. The third-order valence-corrected chi connectivity index (χ3v) is 4.36. The zero-order valence-corrected chi connectivity index (χ0v) is 11.7. The van der Waals surface area contributed by atoms with Crippen molar-refractivity contribution in [3.05, 3.63) is 29.3 Å². The third kappa shape index (κ3) is 2.26. The largest absolute Gasteiger partial charge is 0.294 e.